The van der Waals surface area contributed by atoms with Gasteiger partial charge in [-0.15, -0.1) is 0 Å². The largest absolute Gasteiger partial charge is 0.426 e. The molecular weight excluding hydrogens is 487 g/mol. The smallest absolute Gasteiger partial charge is 0.382 e. The van der Waals surface area contributed by atoms with Crippen molar-refractivity contribution in [3.05, 3.63) is 54.2 Å². The zero-order valence-electron chi connectivity index (χ0n) is 19.5. The summed E-state index contributed by atoms with van der Waals surface area (Å²) in [4.78, 5) is 27.7. The van der Waals surface area contributed by atoms with Gasteiger partial charge in [-0.1, -0.05) is 24.6 Å². The van der Waals surface area contributed by atoms with E-state index in [1.807, 2.05) is 6.92 Å². The quantitative estimate of drug-likeness (QED) is 0.204. The molecule has 5 rings (SSSR count). The molecule has 2 aliphatic heterocycles. The summed E-state index contributed by atoms with van der Waals surface area (Å²) in [5, 5.41) is 8.53. The molecule has 1 saturated heterocycles. The number of fused-ring (bicyclic) bond motifs is 1. The van der Waals surface area contributed by atoms with Gasteiger partial charge in [0.25, 0.3) is 0 Å². The van der Waals surface area contributed by atoms with Crippen LogP contribution >= 0.6 is 0 Å². The number of anilines is 4. The summed E-state index contributed by atoms with van der Waals surface area (Å²) in [5.74, 6) is 0.729. The second-order valence-electron chi connectivity index (χ2n) is 8.55. The van der Waals surface area contributed by atoms with E-state index in [4.69, 9.17) is 11.4 Å². The fourth-order valence-electron chi connectivity index (χ4n) is 4.13. The SMILES string of the molecule is C#CNc1nccc(NC(=O)N2c3nc(-c4cccc(C5(C(F)(F)F)NN5)c4)ccc3NCC[C@H]2C)n1. The van der Waals surface area contributed by atoms with Crippen LogP contribution in [0.5, 0.6) is 0 Å². The number of benzene rings is 1. The molecule has 5 N–H and O–H groups in total. The number of alkyl halides is 3. The van der Waals surface area contributed by atoms with Crippen molar-refractivity contribution < 1.29 is 18.0 Å². The van der Waals surface area contributed by atoms with Crippen molar-refractivity contribution in [3.63, 3.8) is 0 Å². The highest BCUT2D eigenvalue weighted by Crippen LogP contribution is 2.43. The number of halogens is 3. The Labute approximate surface area is 210 Å². The molecule has 1 atom stereocenters. The number of urea groups is 1. The first-order chi connectivity index (χ1) is 17.7. The average molecular weight is 509 g/mol. The van der Waals surface area contributed by atoms with Gasteiger partial charge in [0.1, 0.15) is 5.82 Å². The summed E-state index contributed by atoms with van der Waals surface area (Å²) in [6.45, 7) is 2.48. The fraction of sp³-hybridized carbons (Fsp3) is 0.250. The van der Waals surface area contributed by atoms with Gasteiger partial charge in [0.15, 0.2) is 5.82 Å². The van der Waals surface area contributed by atoms with Crippen LogP contribution in [-0.4, -0.2) is 39.7 Å². The lowest BCUT2D eigenvalue weighted by atomic mass is 9.99. The second-order valence-corrected chi connectivity index (χ2v) is 8.55. The van der Waals surface area contributed by atoms with Crippen molar-refractivity contribution in [1.29, 1.82) is 0 Å². The van der Waals surface area contributed by atoms with Crippen molar-refractivity contribution in [3.8, 4) is 23.7 Å². The van der Waals surface area contributed by atoms with E-state index in [0.717, 1.165) is 0 Å². The molecule has 190 valence electrons. The standard InChI is InChI=1S/C24H22F3N9O/c1-3-28-21-30-12-10-19(32-21)33-22(37)36-14(2)9-11-29-18-8-7-17(31-20(18)36)15-5-4-6-16(13-15)23(34-35-23)24(25,26)27/h1,4-8,10,12-14,29,34-35H,9,11H2,2H3,(H2,28,30,32,33,37)/t14-/m1/s1. The van der Waals surface area contributed by atoms with E-state index < -0.39 is 17.9 Å². The molecule has 0 bridgehead atoms. The van der Waals surface area contributed by atoms with Crippen molar-refractivity contribution in [2.75, 3.05) is 27.4 Å². The van der Waals surface area contributed by atoms with Gasteiger partial charge >= 0.3 is 12.2 Å². The maximum atomic E-state index is 13.6. The lowest BCUT2D eigenvalue weighted by molar-refractivity contribution is -0.165. The van der Waals surface area contributed by atoms with Gasteiger partial charge in [-0.2, -0.15) is 18.2 Å². The van der Waals surface area contributed by atoms with Crippen LogP contribution < -0.4 is 31.7 Å². The van der Waals surface area contributed by atoms with E-state index in [1.54, 1.807) is 18.2 Å². The topological polar surface area (TPSA) is 139 Å². The van der Waals surface area contributed by atoms with Gasteiger partial charge in [0.2, 0.25) is 11.6 Å². The lowest BCUT2D eigenvalue weighted by Gasteiger charge is -2.27. The Bertz CT molecular complexity index is 1380. The number of amides is 2. The molecular formula is C24H22F3N9O. The first-order valence-corrected chi connectivity index (χ1v) is 11.3. The number of carbonyl (C=O) groups is 1. The number of nitrogens with zero attached hydrogens (tertiary/aromatic N) is 4. The number of pyridine rings is 1. The molecule has 0 radical (unpaired) electrons. The summed E-state index contributed by atoms with van der Waals surface area (Å²) in [7, 11) is 0. The summed E-state index contributed by atoms with van der Waals surface area (Å²) >= 11 is 0. The van der Waals surface area contributed by atoms with E-state index in [0.29, 0.717) is 35.7 Å². The number of rotatable bonds is 4. The Hall–Kier alpha value is -4.41. The Morgan fingerprint density at radius 1 is 1.22 bits per heavy atom. The molecule has 3 aromatic rings. The highest BCUT2D eigenvalue weighted by atomic mass is 19.4. The van der Waals surface area contributed by atoms with Gasteiger partial charge in [0, 0.05) is 30.4 Å². The molecule has 2 aliphatic rings. The third-order valence-electron chi connectivity index (χ3n) is 6.11. The highest BCUT2D eigenvalue weighted by molar-refractivity contribution is 6.03. The molecule has 10 nitrogen and oxygen atoms in total. The molecule has 0 unspecified atom stereocenters. The molecule has 0 aliphatic carbocycles. The van der Waals surface area contributed by atoms with Crippen LogP contribution in [0.2, 0.25) is 0 Å². The molecule has 0 saturated carbocycles. The highest BCUT2D eigenvalue weighted by Gasteiger charge is 2.65. The Morgan fingerprint density at radius 3 is 2.76 bits per heavy atom. The summed E-state index contributed by atoms with van der Waals surface area (Å²) in [6.07, 6.45) is 2.77. The van der Waals surface area contributed by atoms with Crippen LogP contribution in [-0.2, 0) is 5.66 Å². The normalized spacial score (nSPS) is 18.0. The summed E-state index contributed by atoms with van der Waals surface area (Å²) in [5.41, 5.74) is 3.64. The van der Waals surface area contributed by atoms with Gasteiger partial charge in [-0.3, -0.25) is 15.5 Å². The molecule has 2 aromatic heterocycles. The van der Waals surface area contributed by atoms with Crippen LogP contribution in [0, 0.1) is 12.5 Å². The van der Waals surface area contributed by atoms with E-state index in [-0.39, 0.29) is 23.4 Å². The van der Waals surface area contributed by atoms with Gasteiger partial charge in [-0.25, -0.2) is 25.6 Å². The molecule has 0 spiro atoms. The predicted molar refractivity (Wildman–Crippen MR) is 132 cm³/mol. The minimum atomic E-state index is -4.53. The predicted octanol–water partition coefficient (Wildman–Crippen LogP) is 3.61. The van der Waals surface area contributed by atoms with Gasteiger partial charge < -0.3 is 5.32 Å². The maximum absolute atomic E-state index is 13.6. The van der Waals surface area contributed by atoms with E-state index >= 15 is 0 Å². The monoisotopic (exact) mass is 509 g/mol. The Morgan fingerprint density at radius 2 is 2.03 bits per heavy atom. The molecule has 2 amide bonds. The van der Waals surface area contributed by atoms with Crippen LogP contribution in [0.3, 0.4) is 0 Å². The Balaban J connectivity index is 1.49. The number of terminal acetylenes is 1. The van der Waals surface area contributed by atoms with Gasteiger partial charge in [0.05, 0.1) is 11.4 Å². The van der Waals surface area contributed by atoms with E-state index in [1.165, 1.54) is 35.4 Å². The van der Waals surface area contributed by atoms with E-state index in [2.05, 4.69) is 42.8 Å². The number of hydrogen-bond acceptors (Lipinski definition) is 8. The molecule has 1 fully saturated rings. The number of hydrogen-bond donors (Lipinski definition) is 5. The van der Waals surface area contributed by atoms with Gasteiger partial charge in [-0.05, 0) is 43.2 Å². The summed E-state index contributed by atoms with van der Waals surface area (Å²) in [6, 6.07) is 12.5. The number of hydrazine groups is 1. The zero-order valence-corrected chi connectivity index (χ0v) is 19.5. The maximum Gasteiger partial charge on any atom is 0.426 e. The summed E-state index contributed by atoms with van der Waals surface area (Å²) < 4.78 is 40.8. The van der Waals surface area contributed by atoms with Crippen LogP contribution in [0.15, 0.2) is 48.7 Å². The minimum Gasteiger partial charge on any atom is -0.382 e. The van der Waals surface area contributed by atoms with Crippen molar-refractivity contribution in [2.24, 2.45) is 0 Å². The molecule has 4 heterocycles. The van der Waals surface area contributed by atoms with Crippen molar-refractivity contribution in [2.45, 2.75) is 31.2 Å². The second kappa shape index (κ2) is 9.23. The zero-order chi connectivity index (χ0) is 26.2. The number of nitrogens with one attached hydrogen (secondary N) is 5. The first-order valence-electron chi connectivity index (χ1n) is 11.3. The van der Waals surface area contributed by atoms with Crippen LogP contribution in [0.25, 0.3) is 11.3 Å². The van der Waals surface area contributed by atoms with Crippen molar-refractivity contribution in [1.82, 2.24) is 25.8 Å². The molecule has 1 aromatic carbocycles. The first kappa shape index (κ1) is 24.3. The molecule has 13 heteroatoms. The van der Waals surface area contributed by atoms with Crippen LogP contribution in [0.1, 0.15) is 18.9 Å². The number of carbonyl (C=O) groups excluding carboxylic acids is 1. The fourth-order valence-corrected chi connectivity index (χ4v) is 4.13. The molecule has 37 heavy (non-hydrogen) atoms. The minimum absolute atomic E-state index is 0.00970. The lowest BCUT2D eigenvalue weighted by Crippen LogP contribution is -2.42. The third kappa shape index (κ3) is 4.59. The van der Waals surface area contributed by atoms with Crippen molar-refractivity contribution >= 4 is 29.3 Å². The van der Waals surface area contributed by atoms with Crippen LogP contribution in [0.4, 0.5) is 41.2 Å². The third-order valence-corrected chi connectivity index (χ3v) is 6.11. The Kier molecular flexibility index (Phi) is 6.06. The number of aromatic nitrogens is 3. The average Bonchev–Trinajstić information content (AvgIpc) is 3.69. The van der Waals surface area contributed by atoms with E-state index in [9.17, 15) is 18.0 Å².